The zero-order valence-corrected chi connectivity index (χ0v) is 14.5. The van der Waals surface area contributed by atoms with Crippen LogP contribution in [0.2, 0.25) is 0 Å². The second-order valence-electron chi connectivity index (χ2n) is 6.57. The molecule has 0 unspecified atom stereocenters. The van der Waals surface area contributed by atoms with Gasteiger partial charge in [-0.05, 0) is 48.7 Å². The summed E-state index contributed by atoms with van der Waals surface area (Å²) in [6.07, 6.45) is 1.59. The van der Waals surface area contributed by atoms with Crippen molar-refractivity contribution in [3.63, 3.8) is 0 Å². The second kappa shape index (κ2) is 7.91. The molecule has 1 amide bonds. The monoisotopic (exact) mass is 353 g/mol. The van der Waals surface area contributed by atoms with Gasteiger partial charge in [-0.25, -0.2) is 4.79 Å². The van der Waals surface area contributed by atoms with Gasteiger partial charge in [-0.3, -0.25) is 4.79 Å². The van der Waals surface area contributed by atoms with Crippen LogP contribution in [0.25, 0.3) is 0 Å². The van der Waals surface area contributed by atoms with Gasteiger partial charge in [0.2, 0.25) is 5.91 Å². The number of nitrogens with zero attached hydrogens (tertiary/aromatic N) is 1. The van der Waals surface area contributed by atoms with Crippen LogP contribution in [0.5, 0.6) is 0 Å². The Morgan fingerprint density at radius 2 is 1.81 bits per heavy atom. The number of primary amides is 1. The highest BCUT2D eigenvalue weighted by Crippen LogP contribution is 2.25. The van der Waals surface area contributed by atoms with Gasteiger partial charge in [0.15, 0.2) is 0 Å². The van der Waals surface area contributed by atoms with E-state index < -0.39 is 5.97 Å². The van der Waals surface area contributed by atoms with Gasteiger partial charge in [-0.1, -0.05) is 18.2 Å². The Labute approximate surface area is 152 Å². The SMILES string of the molecule is NC(=O)C1CCN(c2cccc(NCc3ccc(C(=O)O)cc3)c2)CC1. The molecule has 0 atom stereocenters. The molecule has 4 N–H and O–H groups in total. The van der Waals surface area contributed by atoms with Crippen molar-refractivity contribution in [2.45, 2.75) is 19.4 Å². The largest absolute Gasteiger partial charge is 0.478 e. The maximum Gasteiger partial charge on any atom is 0.335 e. The standard InChI is InChI=1S/C20H23N3O3/c21-19(24)15-8-10-23(11-9-15)18-3-1-2-17(12-18)22-13-14-4-6-16(7-5-14)20(25)26/h1-7,12,15,22H,8-11,13H2,(H2,21,24)(H,25,26). The first-order valence-corrected chi connectivity index (χ1v) is 8.73. The summed E-state index contributed by atoms with van der Waals surface area (Å²) >= 11 is 0. The van der Waals surface area contributed by atoms with E-state index in [9.17, 15) is 9.59 Å². The number of amides is 1. The number of carbonyl (C=O) groups is 2. The number of piperidine rings is 1. The van der Waals surface area contributed by atoms with Crippen molar-refractivity contribution < 1.29 is 14.7 Å². The molecule has 3 rings (SSSR count). The van der Waals surface area contributed by atoms with Crippen molar-refractivity contribution >= 4 is 23.3 Å². The number of carboxylic acids is 1. The first-order chi connectivity index (χ1) is 12.5. The molecule has 136 valence electrons. The van der Waals surface area contributed by atoms with Crippen LogP contribution in [-0.4, -0.2) is 30.1 Å². The van der Waals surface area contributed by atoms with Crippen LogP contribution in [0.4, 0.5) is 11.4 Å². The van der Waals surface area contributed by atoms with E-state index in [2.05, 4.69) is 22.3 Å². The number of aromatic carboxylic acids is 1. The van der Waals surface area contributed by atoms with Crippen molar-refractivity contribution in [3.8, 4) is 0 Å². The Hall–Kier alpha value is -3.02. The molecule has 0 aliphatic carbocycles. The number of nitrogens with two attached hydrogens (primary N) is 1. The Kier molecular flexibility index (Phi) is 5.41. The lowest BCUT2D eigenvalue weighted by atomic mass is 9.96. The molecule has 26 heavy (non-hydrogen) atoms. The third kappa shape index (κ3) is 4.33. The van der Waals surface area contributed by atoms with E-state index in [0.717, 1.165) is 42.9 Å². The Morgan fingerprint density at radius 1 is 1.12 bits per heavy atom. The molecule has 0 saturated carbocycles. The van der Waals surface area contributed by atoms with E-state index in [-0.39, 0.29) is 17.4 Å². The maximum atomic E-state index is 11.3. The molecular weight excluding hydrogens is 330 g/mol. The number of carbonyl (C=O) groups excluding carboxylic acids is 1. The van der Waals surface area contributed by atoms with Gasteiger partial charge in [-0.2, -0.15) is 0 Å². The highest BCUT2D eigenvalue weighted by molar-refractivity contribution is 5.87. The summed E-state index contributed by atoms with van der Waals surface area (Å²) in [5, 5.41) is 12.3. The number of nitrogens with one attached hydrogen (secondary N) is 1. The van der Waals surface area contributed by atoms with Crippen molar-refractivity contribution in [1.29, 1.82) is 0 Å². The average Bonchev–Trinajstić information content (AvgIpc) is 2.67. The molecule has 1 aliphatic rings. The van der Waals surface area contributed by atoms with Gasteiger partial charge in [0.25, 0.3) is 0 Å². The minimum Gasteiger partial charge on any atom is -0.478 e. The zero-order valence-electron chi connectivity index (χ0n) is 14.5. The molecule has 1 heterocycles. The molecule has 0 spiro atoms. The lowest BCUT2D eigenvalue weighted by molar-refractivity contribution is -0.122. The maximum absolute atomic E-state index is 11.3. The fourth-order valence-corrected chi connectivity index (χ4v) is 3.20. The number of hydrogen-bond donors (Lipinski definition) is 3. The molecule has 0 radical (unpaired) electrons. The summed E-state index contributed by atoms with van der Waals surface area (Å²) < 4.78 is 0. The quantitative estimate of drug-likeness (QED) is 0.742. The van der Waals surface area contributed by atoms with Gasteiger partial charge in [0.05, 0.1) is 5.56 Å². The van der Waals surface area contributed by atoms with Crippen LogP contribution >= 0.6 is 0 Å². The van der Waals surface area contributed by atoms with Crippen molar-refractivity contribution in [2.24, 2.45) is 11.7 Å². The first kappa shape index (κ1) is 17.8. The van der Waals surface area contributed by atoms with Crippen LogP contribution in [0.3, 0.4) is 0 Å². The normalized spacial score (nSPS) is 14.8. The van der Waals surface area contributed by atoms with Gasteiger partial charge in [0.1, 0.15) is 0 Å². The molecule has 2 aromatic rings. The molecule has 6 heteroatoms. The van der Waals surface area contributed by atoms with Gasteiger partial charge < -0.3 is 21.1 Å². The summed E-state index contributed by atoms with van der Waals surface area (Å²) in [6, 6.07) is 15.0. The molecule has 2 aromatic carbocycles. The minimum atomic E-state index is -0.919. The zero-order chi connectivity index (χ0) is 18.5. The lowest BCUT2D eigenvalue weighted by Crippen LogP contribution is -2.38. The fraction of sp³-hybridized carbons (Fsp3) is 0.300. The predicted octanol–water partition coefficient (Wildman–Crippen LogP) is 2.70. The summed E-state index contributed by atoms with van der Waals surface area (Å²) in [5.74, 6) is -1.13. The van der Waals surface area contributed by atoms with Crippen LogP contribution in [0.15, 0.2) is 48.5 Å². The Balaban J connectivity index is 1.59. The van der Waals surface area contributed by atoms with Crippen LogP contribution in [0.1, 0.15) is 28.8 Å². The fourth-order valence-electron chi connectivity index (χ4n) is 3.20. The number of carboxylic acid groups (broad SMARTS) is 1. The Morgan fingerprint density at radius 3 is 2.42 bits per heavy atom. The summed E-state index contributed by atoms with van der Waals surface area (Å²) in [4.78, 5) is 24.5. The number of hydrogen-bond acceptors (Lipinski definition) is 4. The number of benzene rings is 2. The third-order valence-corrected chi connectivity index (χ3v) is 4.81. The summed E-state index contributed by atoms with van der Waals surface area (Å²) in [7, 11) is 0. The second-order valence-corrected chi connectivity index (χ2v) is 6.57. The molecule has 1 aliphatic heterocycles. The molecule has 1 saturated heterocycles. The van der Waals surface area contributed by atoms with E-state index in [0.29, 0.717) is 6.54 Å². The van der Waals surface area contributed by atoms with Gasteiger partial charge in [-0.15, -0.1) is 0 Å². The topological polar surface area (TPSA) is 95.7 Å². The van der Waals surface area contributed by atoms with E-state index >= 15 is 0 Å². The van der Waals surface area contributed by atoms with E-state index in [1.807, 2.05) is 24.3 Å². The average molecular weight is 353 g/mol. The van der Waals surface area contributed by atoms with Gasteiger partial charge >= 0.3 is 5.97 Å². The van der Waals surface area contributed by atoms with Crippen LogP contribution < -0.4 is 16.0 Å². The minimum absolute atomic E-state index is 0.0127. The third-order valence-electron chi connectivity index (χ3n) is 4.81. The first-order valence-electron chi connectivity index (χ1n) is 8.73. The van der Waals surface area contributed by atoms with E-state index in [4.69, 9.17) is 10.8 Å². The number of rotatable bonds is 6. The van der Waals surface area contributed by atoms with Crippen LogP contribution in [-0.2, 0) is 11.3 Å². The molecule has 1 fully saturated rings. The van der Waals surface area contributed by atoms with Crippen molar-refractivity contribution in [1.82, 2.24) is 0 Å². The van der Waals surface area contributed by atoms with Crippen molar-refractivity contribution in [3.05, 3.63) is 59.7 Å². The highest BCUT2D eigenvalue weighted by Gasteiger charge is 2.23. The smallest absolute Gasteiger partial charge is 0.335 e. The van der Waals surface area contributed by atoms with E-state index in [1.54, 1.807) is 12.1 Å². The van der Waals surface area contributed by atoms with Crippen molar-refractivity contribution in [2.75, 3.05) is 23.3 Å². The Bertz CT molecular complexity index is 781. The molecule has 0 aromatic heterocycles. The highest BCUT2D eigenvalue weighted by atomic mass is 16.4. The number of anilines is 2. The lowest BCUT2D eigenvalue weighted by Gasteiger charge is -2.32. The molecular formula is C20H23N3O3. The van der Waals surface area contributed by atoms with Gasteiger partial charge in [0, 0.05) is 36.9 Å². The van der Waals surface area contributed by atoms with E-state index in [1.165, 1.54) is 0 Å². The predicted molar refractivity (Wildman–Crippen MR) is 101 cm³/mol. The summed E-state index contributed by atoms with van der Waals surface area (Å²) in [6.45, 7) is 2.27. The molecule has 0 bridgehead atoms. The summed E-state index contributed by atoms with van der Waals surface area (Å²) in [5.41, 5.74) is 8.83. The molecule has 6 nitrogen and oxygen atoms in total. The van der Waals surface area contributed by atoms with Crippen LogP contribution in [0, 0.1) is 5.92 Å².